The van der Waals surface area contributed by atoms with Gasteiger partial charge < -0.3 is 20.1 Å². The van der Waals surface area contributed by atoms with Gasteiger partial charge in [-0.1, -0.05) is 30.3 Å². The fourth-order valence-electron chi connectivity index (χ4n) is 4.75. The van der Waals surface area contributed by atoms with Crippen molar-refractivity contribution < 1.29 is 19.1 Å². The van der Waals surface area contributed by atoms with E-state index < -0.39 is 0 Å². The second-order valence-corrected chi connectivity index (χ2v) is 9.21. The number of hydrogen-bond donors (Lipinski definition) is 2. The van der Waals surface area contributed by atoms with Gasteiger partial charge in [-0.2, -0.15) is 5.10 Å². The molecule has 35 heavy (non-hydrogen) atoms. The number of carbonyl (C=O) groups excluding carboxylic acids is 2. The molecule has 5 rings (SSSR count). The number of nitrogens with zero attached hydrogens (tertiary/aromatic N) is 2. The molecule has 3 aromatic rings. The van der Waals surface area contributed by atoms with Crippen LogP contribution < -0.4 is 10.6 Å². The van der Waals surface area contributed by atoms with Crippen molar-refractivity contribution in [2.45, 2.75) is 24.7 Å². The van der Waals surface area contributed by atoms with Crippen LogP contribution >= 0.6 is 0 Å². The Morgan fingerprint density at radius 3 is 2.49 bits per heavy atom. The molecule has 3 heterocycles. The zero-order chi connectivity index (χ0) is 24.1. The summed E-state index contributed by atoms with van der Waals surface area (Å²) in [6.45, 7) is 3.04. The molecule has 1 atom stereocenters. The highest BCUT2D eigenvalue weighted by atomic mass is 16.5. The highest BCUT2D eigenvalue weighted by molar-refractivity contribution is 5.94. The molecule has 0 aliphatic carbocycles. The summed E-state index contributed by atoms with van der Waals surface area (Å²) in [5, 5.41) is 10.4. The third-order valence-corrected chi connectivity index (χ3v) is 6.97. The molecule has 2 fully saturated rings. The Morgan fingerprint density at radius 2 is 1.77 bits per heavy atom. The predicted octanol–water partition coefficient (Wildman–Crippen LogP) is 3.33. The summed E-state index contributed by atoms with van der Waals surface area (Å²) in [6.07, 6.45) is 5.87. The maximum atomic E-state index is 12.9. The molecule has 182 valence electrons. The van der Waals surface area contributed by atoms with E-state index in [1.54, 1.807) is 29.2 Å². The van der Waals surface area contributed by atoms with Crippen molar-refractivity contribution in [1.29, 1.82) is 0 Å². The van der Waals surface area contributed by atoms with Crippen LogP contribution in [0.25, 0.3) is 5.69 Å². The summed E-state index contributed by atoms with van der Waals surface area (Å²) < 4.78 is 12.5. The minimum Gasteiger partial charge on any atom is -0.381 e. The summed E-state index contributed by atoms with van der Waals surface area (Å²) >= 11 is 0. The molecule has 2 N–H and O–H groups in total. The second-order valence-electron chi connectivity index (χ2n) is 9.21. The van der Waals surface area contributed by atoms with E-state index in [9.17, 15) is 9.59 Å². The van der Waals surface area contributed by atoms with E-state index in [-0.39, 0.29) is 23.1 Å². The van der Waals surface area contributed by atoms with Crippen molar-refractivity contribution in [3.8, 4) is 5.69 Å². The number of benzene rings is 2. The first-order valence-corrected chi connectivity index (χ1v) is 12.1. The number of hydrogen-bond acceptors (Lipinski definition) is 5. The number of aromatic nitrogens is 2. The summed E-state index contributed by atoms with van der Waals surface area (Å²) in [5.41, 5.74) is 3.14. The molecule has 2 aliphatic heterocycles. The van der Waals surface area contributed by atoms with Crippen molar-refractivity contribution in [2.75, 3.05) is 38.3 Å². The first-order valence-electron chi connectivity index (χ1n) is 12.1. The first kappa shape index (κ1) is 23.3. The van der Waals surface area contributed by atoms with E-state index in [4.69, 9.17) is 9.47 Å². The topological polar surface area (TPSA) is 94.5 Å². The molecule has 2 amide bonds. The van der Waals surface area contributed by atoms with Gasteiger partial charge in [0.1, 0.15) is 0 Å². The van der Waals surface area contributed by atoms with Crippen LogP contribution in [0, 0.1) is 5.92 Å². The average molecular weight is 475 g/mol. The number of ether oxygens (including phenoxy) is 2. The zero-order valence-electron chi connectivity index (χ0n) is 19.6. The molecule has 1 aromatic heterocycles. The van der Waals surface area contributed by atoms with E-state index in [2.05, 4.69) is 27.9 Å². The lowest BCUT2D eigenvalue weighted by molar-refractivity contribution is -0.119. The molecular weight excluding hydrogens is 444 g/mol. The normalized spacial score (nSPS) is 19.3. The van der Waals surface area contributed by atoms with Gasteiger partial charge >= 0.3 is 0 Å². The summed E-state index contributed by atoms with van der Waals surface area (Å²) in [5.74, 6) is -0.268. The molecule has 0 radical (unpaired) electrons. The maximum Gasteiger partial charge on any atom is 0.251 e. The van der Waals surface area contributed by atoms with E-state index in [1.165, 1.54) is 5.56 Å². The van der Waals surface area contributed by atoms with Gasteiger partial charge in [0.2, 0.25) is 5.91 Å². The molecule has 0 spiro atoms. The molecule has 8 heteroatoms. The Hall–Kier alpha value is -3.49. The highest BCUT2D eigenvalue weighted by Crippen LogP contribution is 2.34. The number of carbonyl (C=O) groups is 2. The fraction of sp³-hybridized carbons (Fsp3) is 0.370. The van der Waals surface area contributed by atoms with Crippen LogP contribution in [0.4, 0.5) is 5.69 Å². The highest BCUT2D eigenvalue weighted by Gasteiger charge is 2.34. The molecule has 2 saturated heterocycles. The van der Waals surface area contributed by atoms with Crippen LogP contribution in [0.2, 0.25) is 0 Å². The van der Waals surface area contributed by atoms with Crippen LogP contribution in [-0.2, 0) is 19.7 Å². The van der Waals surface area contributed by atoms with Gasteiger partial charge in [-0.3, -0.25) is 9.59 Å². The molecule has 2 aromatic carbocycles. The van der Waals surface area contributed by atoms with E-state index in [0.29, 0.717) is 44.2 Å². The second kappa shape index (κ2) is 10.4. The van der Waals surface area contributed by atoms with E-state index >= 15 is 0 Å². The van der Waals surface area contributed by atoms with Crippen molar-refractivity contribution in [3.63, 3.8) is 0 Å². The standard InChI is InChI=1S/C27H30N4O4/c32-25(28-19-27(11-14-34-15-12-27)22-4-2-1-3-5-22)20-6-8-24(9-7-20)31-17-23(16-29-31)30-26(33)21-10-13-35-18-21/h1-9,16-17,21H,10-15,18-19H2,(H,28,32)(H,30,33)/t21-/m1/s1. The smallest absolute Gasteiger partial charge is 0.251 e. The summed E-state index contributed by atoms with van der Waals surface area (Å²) in [4.78, 5) is 25.2. The SMILES string of the molecule is O=C(NCC1(c2ccccc2)CCOCC1)c1ccc(-n2cc(NC(=O)[C@@H]3CCOC3)cn2)cc1. The lowest BCUT2D eigenvalue weighted by Gasteiger charge is -2.38. The molecule has 0 saturated carbocycles. The van der Waals surface area contributed by atoms with Gasteiger partial charge in [-0.25, -0.2) is 4.68 Å². The lowest BCUT2D eigenvalue weighted by atomic mass is 9.74. The minimum atomic E-state index is -0.115. The van der Waals surface area contributed by atoms with Gasteiger partial charge in [-0.15, -0.1) is 0 Å². The van der Waals surface area contributed by atoms with Crippen LogP contribution in [0.5, 0.6) is 0 Å². The molecule has 0 bridgehead atoms. The van der Waals surface area contributed by atoms with Gasteiger partial charge in [0, 0.05) is 37.3 Å². The Kier molecular flexibility index (Phi) is 6.92. The van der Waals surface area contributed by atoms with E-state index in [0.717, 1.165) is 24.9 Å². The van der Waals surface area contributed by atoms with Crippen molar-refractivity contribution in [3.05, 3.63) is 78.1 Å². The molecule has 2 aliphatic rings. The molecular formula is C27H30N4O4. The number of rotatable bonds is 7. The van der Waals surface area contributed by atoms with Gasteiger partial charge in [0.15, 0.2) is 0 Å². The van der Waals surface area contributed by atoms with Gasteiger partial charge in [0.25, 0.3) is 5.91 Å². The Morgan fingerprint density at radius 1 is 1.00 bits per heavy atom. The number of anilines is 1. The average Bonchev–Trinajstić information content (AvgIpc) is 3.61. The van der Waals surface area contributed by atoms with Crippen molar-refractivity contribution >= 4 is 17.5 Å². The van der Waals surface area contributed by atoms with Crippen LogP contribution in [-0.4, -0.2) is 54.6 Å². The third kappa shape index (κ3) is 5.28. The molecule has 8 nitrogen and oxygen atoms in total. The first-order chi connectivity index (χ1) is 17.1. The minimum absolute atomic E-state index is 0.0492. The fourth-order valence-corrected chi connectivity index (χ4v) is 4.75. The van der Waals surface area contributed by atoms with Gasteiger partial charge in [-0.05, 0) is 49.1 Å². The largest absolute Gasteiger partial charge is 0.381 e. The van der Waals surface area contributed by atoms with Crippen molar-refractivity contribution in [2.24, 2.45) is 5.92 Å². The third-order valence-electron chi connectivity index (χ3n) is 6.97. The predicted molar refractivity (Wildman–Crippen MR) is 132 cm³/mol. The zero-order valence-corrected chi connectivity index (χ0v) is 19.6. The monoisotopic (exact) mass is 474 g/mol. The molecule has 0 unspecified atom stereocenters. The summed E-state index contributed by atoms with van der Waals surface area (Å²) in [6, 6.07) is 17.6. The Labute approximate surface area is 204 Å². The van der Waals surface area contributed by atoms with Crippen LogP contribution in [0.3, 0.4) is 0 Å². The van der Waals surface area contributed by atoms with E-state index in [1.807, 2.05) is 30.3 Å². The van der Waals surface area contributed by atoms with Crippen LogP contribution in [0.15, 0.2) is 67.0 Å². The summed E-state index contributed by atoms with van der Waals surface area (Å²) in [7, 11) is 0. The Bertz CT molecular complexity index is 1150. The van der Waals surface area contributed by atoms with Gasteiger partial charge in [0.05, 0.1) is 36.3 Å². The Balaban J connectivity index is 1.21. The maximum absolute atomic E-state index is 12.9. The lowest BCUT2D eigenvalue weighted by Crippen LogP contribution is -2.44. The number of amides is 2. The quantitative estimate of drug-likeness (QED) is 0.548. The van der Waals surface area contributed by atoms with Crippen LogP contribution in [0.1, 0.15) is 35.2 Å². The van der Waals surface area contributed by atoms with Crippen molar-refractivity contribution in [1.82, 2.24) is 15.1 Å². The number of nitrogens with one attached hydrogen (secondary N) is 2.